The summed E-state index contributed by atoms with van der Waals surface area (Å²) in [6, 6.07) is 5.84. The summed E-state index contributed by atoms with van der Waals surface area (Å²) in [6.45, 7) is 3.07. The number of rotatable bonds is 1. The van der Waals surface area contributed by atoms with Crippen LogP contribution in [0.25, 0.3) is 0 Å². The van der Waals surface area contributed by atoms with Gasteiger partial charge in [0.25, 0.3) is 0 Å². The van der Waals surface area contributed by atoms with E-state index in [1.165, 1.54) is 6.07 Å². The van der Waals surface area contributed by atoms with E-state index in [0.29, 0.717) is 18.8 Å². The molecule has 1 aliphatic rings. The van der Waals surface area contributed by atoms with Gasteiger partial charge in [-0.1, -0.05) is 12.1 Å². The molecule has 0 aliphatic carbocycles. The summed E-state index contributed by atoms with van der Waals surface area (Å²) in [4.78, 5) is 1.85. The standard InChI is InChI=1S/C13H17F3N2/c14-13(15,16)11-5-1-2-6-12(11)18-9-3-7-17-8-4-10-18/h1-2,5-6,17H,3-4,7-10H2. The second-order valence-electron chi connectivity index (χ2n) is 4.46. The molecule has 2 nitrogen and oxygen atoms in total. The van der Waals surface area contributed by atoms with Crippen LogP contribution in [0.2, 0.25) is 0 Å². The van der Waals surface area contributed by atoms with Crippen LogP contribution in [0.15, 0.2) is 24.3 Å². The van der Waals surface area contributed by atoms with Crippen LogP contribution in [0.3, 0.4) is 0 Å². The minimum atomic E-state index is -4.28. The molecule has 0 bridgehead atoms. The van der Waals surface area contributed by atoms with Gasteiger partial charge in [-0.2, -0.15) is 13.2 Å². The molecule has 0 unspecified atom stereocenters. The third-order valence-electron chi connectivity index (χ3n) is 3.11. The summed E-state index contributed by atoms with van der Waals surface area (Å²) in [7, 11) is 0. The molecule has 1 aromatic rings. The first-order valence-corrected chi connectivity index (χ1v) is 6.21. The second-order valence-corrected chi connectivity index (χ2v) is 4.46. The van der Waals surface area contributed by atoms with E-state index in [1.54, 1.807) is 12.1 Å². The van der Waals surface area contributed by atoms with Crippen molar-refractivity contribution in [1.82, 2.24) is 5.32 Å². The van der Waals surface area contributed by atoms with Crippen molar-refractivity contribution >= 4 is 5.69 Å². The highest BCUT2D eigenvalue weighted by molar-refractivity contribution is 5.55. The highest BCUT2D eigenvalue weighted by Crippen LogP contribution is 2.36. The van der Waals surface area contributed by atoms with Gasteiger partial charge < -0.3 is 10.2 Å². The monoisotopic (exact) mass is 258 g/mol. The maximum atomic E-state index is 12.9. The van der Waals surface area contributed by atoms with Crippen molar-refractivity contribution in [2.24, 2.45) is 0 Å². The number of halogens is 3. The summed E-state index contributed by atoms with van der Waals surface area (Å²) in [5.41, 5.74) is -0.217. The van der Waals surface area contributed by atoms with Gasteiger partial charge in [-0.3, -0.25) is 0 Å². The van der Waals surface area contributed by atoms with Gasteiger partial charge in [-0.15, -0.1) is 0 Å². The van der Waals surface area contributed by atoms with Gasteiger partial charge in [0.1, 0.15) is 0 Å². The molecule has 1 fully saturated rings. The third kappa shape index (κ3) is 3.16. The van der Waals surface area contributed by atoms with Crippen molar-refractivity contribution in [3.05, 3.63) is 29.8 Å². The molecule has 0 aromatic heterocycles. The molecule has 1 aromatic carbocycles. The normalized spacial score (nSPS) is 18.3. The van der Waals surface area contributed by atoms with Gasteiger partial charge >= 0.3 is 6.18 Å². The number of benzene rings is 1. The summed E-state index contributed by atoms with van der Waals surface area (Å²) in [5.74, 6) is 0. The summed E-state index contributed by atoms with van der Waals surface area (Å²) in [5, 5.41) is 3.26. The van der Waals surface area contributed by atoms with Crippen LogP contribution in [-0.4, -0.2) is 26.2 Å². The average molecular weight is 258 g/mol. The Morgan fingerprint density at radius 2 is 1.61 bits per heavy atom. The molecule has 100 valence electrons. The van der Waals surface area contributed by atoms with E-state index in [9.17, 15) is 13.2 Å². The van der Waals surface area contributed by atoms with E-state index in [0.717, 1.165) is 32.0 Å². The molecule has 0 radical (unpaired) electrons. The van der Waals surface area contributed by atoms with Crippen molar-refractivity contribution in [3.63, 3.8) is 0 Å². The lowest BCUT2D eigenvalue weighted by atomic mass is 10.1. The Morgan fingerprint density at radius 1 is 1.00 bits per heavy atom. The summed E-state index contributed by atoms with van der Waals surface area (Å²) in [6.07, 6.45) is -2.55. The van der Waals surface area contributed by atoms with Crippen LogP contribution < -0.4 is 10.2 Å². The minimum Gasteiger partial charge on any atom is -0.371 e. The van der Waals surface area contributed by atoms with Crippen LogP contribution in [-0.2, 0) is 6.18 Å². The Bertz CT molecular complexity index is 382. The second kappa shape index (κ2) is 5.61. The number of hydrogen-bond acceptors (Lipinski definition) is 2. The zero-order chi connectivity index (χ0) is 13.0. The molecule has 1 saturated heterocycles. The predicted octanol–water partition coefficient (Wildman–Crippen LogP) is 2.90. The first-order chi connectivity index (χ1) is 8.59. The average Bonchev–Trinajstić information content (AvgIpc) is 2.27. The third-order valence-corrected chi connectivity index (χ3v) is 3.11. The topological polar surface area (TPSA) is 15.3 Å². The Balaban J connectivity index is 2.25. The van der Waals surface area contributed by atoms with Crippen LogP contribution in [0.5, 0.6) is 0 Å². The van der Waals surface area contributed by atoms with Gasteiger partial charge in [-0.25, -0.2) is 0 Å². The molecular weight excluding hydrogens is 241 g/mol. The highest BCUT2D eigenvalue weighted by Gasteiger charge is 2.34. The van der Waals surface area contributed by atoms with Crippen molar-refractivity contribution in [1.29, 1.82) is 0 Å². The van der Waals surface area contributed by atoms with Gasteiger partial charge in [0.15, 0.2) is 0 Å². The zero-order valence-electron chi connectivity index (χ0n) is 10.1. The van der Waals surface area contributed by atoms with Crippen LogP contribution in [0, 0.1) is 0 Å². The number of nitrogens with zero attached hydrogens (tertiary/aromatic N) is 1. The molecule has 1 heterocycles. The maximum absolute atomic E-state index is 12.9. The molecule has 0 spiro atoms. The Kier molecular flexibility index (Phi) is 4.11. The Hall–Kier alpha value is -1.23. The van der Waals surface area contributed by atoms with E-state index < -0.39 is 11.7 Å². The molecular formula is C13H17F3N2. The van der Waals surface area contributed by atoms with E-state index in [2.05, 4.69) is 5.32 Å². The van der Waals surface area contributed by atoms with Crippen molar-refractivity contribution in [2.75, 3.05) is 31.1 Å². The summed E-state index contributed by atoms with van der Waals surface area (Å²) >= 11 is 0. The summed E-state index contributed by atoms with van der Waals surface area (Å²) < 4.78 is 38.8. The first-order valence-electron chi connectivity index (χ1n) is 6.21. The number of para-hydroxylation sites is 1. The zero-order valence-corrected chi connectivity index (χ0v) is 10.1. The number of anilines is 1. The fourth-order valence-corrected chi connectivity index (χ4v) is 2.26. The van der Waals surface area contributed by atoms with Gasteiger partial charge in [0.2, 0.25) is 0 Å². The highest BCUT2D eigenvalue weighted by atomic mass is 19.4. The van der Waals surface area contributed by atoms with Gasteiger partial charge in [-0.05, 0) is 38.1 Å². The fraction of sp³-hybridized carbons (Fsp3) is 0.538. The minimum absolute atomic E-state index is 0.312. The molecule has 18 heavy (non-hydrogen) atoms. The maximum Gasteiger partial charge on any atom is 0.418 e. The van der Waals surface area contributed by atoms with E-state index in [-0.39, 0.29) is 0 Å². The van der Waals surface area contributed by atoms with Gasteiger partial charge in [0.05, 0.1) is 5.56 Å². The number of hydrogen-bond donors (Lipinski definition) is 1. The van der Waals surface area contributed by atoms with E-state index >= 15 is 0 Å². The van der Waals surface area contributed by atoms with Gasteiger partial charge in [0, 0.05) is 18.8 Å². The van der Waals surface area contributed by atoms with Crippen LogP contribution >= 0.6 is 0 Å². The number of alkyl halides is 3. The smallest absolute Gasteiger partial charge is 0.371 e. The molecule has 0 amide bonds. The largest absolute Gasteiger partial charge is 0.418 e. The predicted molar refractivity (Wildman–Crippen MR) is 65.8 cm³/mol. The SMILES string of the molecule is FC(F)(F)c1ccccc1N1CCCNCCC1. The molecule has 2 rings (SSSR count). The van der Waals surface area contributed by atoms with Crippen molar-refractivity contribution in [2.45, 2.75) is 19.0 Å². The number of nitrogens with one attached hydrogen (secondary N) is 1. The lowest BCUT2D eigenvalue weighted by Crippen LogP contribution is -2.35. The van der Waals surface area contributed by atoms with E-state index in [4.69, 9.17) is 0 Å². The Morgan fingerprint density at radius 3 is 2.22 bits per heavy atom. The van der Waals surface area contributed by atoms with E-state index in [1.807, 2.05) is 4.90 Å². The molecule has 0 saturated carbocycles. The van der Waals surface area contributed by atoms with Crippen molar-refractivity contribution < 1.29 is 13.2 Å². The molecule has 1 aliphatic heterocycles. The molecule has 5 heteroatoms. The fourth-order valence-electron chi connectivity index (χ4n) is 2.26. The van der Waals surface area contributed by atoms with Crippen molar-refractivity contribution in [3.8, 4) is 0 Å². The molecule has 1 N–H and O–H groups in total. The van der Waals surface area contributed by atoms with Crippen LogP contribution in [0.4, 0.5) is 18.9 Å². The Labute approximate surface area is 105 Å². The van der Waals surface area contributed by atoms with Crippen LogP contribution in [0.1, 0.15) is 18.4 Å². The quantitative estimate of drug-likeness (QED) is 0.833. The molecule has 0 atom stereocenters. The lowest BCUT2D eigenvalue weighted by Gasteiger charge is -2.29. The first kappa shape index (κ1) is 13.2. The lowest BCUT2D eigenvalue weighted by molar-refractivity contribution is -0.137.